The average Bonchev–Trinajstić information content (AvgIpc) is 3.12. The van der Waals surface area contributed by atoms with Crippen LogP contribution in [0.2, 0.25) is 5.02 Å². The smallest absolute Gasteiger partial charge is 0.223 e. The number of hydrogen-bond donors (Lipinski definition) is 0. The van der Waals surface area contributed by atoms with E-state index >= 15 is 0 Å². The molecule has 1 aliphatic heterocycles. The highest BCUT2D eigenvalue weighted by atomic mass is 35.5. The van der Waals surface area contributed by atoms with Crippen molar-refractivity contribution >= 4 is 23.2 Å². The van der Waals surface area contributed by atoms with E-state index in [1.165, 1.54) is 0 Å². The molecule has 0 bridgehead atoms. The third kappa shape index (κ3) is 5.30. The molecule has 2 heterocycles. The van der Waals surface area contributed by atoms with E-state index in [9.17, 15) is 4.79 Å². The highest BCUT2D eigenvalue weighted by Gasteiger charge is 2.27. The molecule has 0 saturated heterocycles. The first-order chi connectivity index (χ1) is 13.0. The molecule has 3 rings (SSSR count). The summed E-state index contributed by atoms with van der Waals surface area (Å²) in [5.74, 6) is 0.390. The number of nitrogens with zero attached hydrogens (tertiary/aromatic N) is 3. The molecule has 27 heavy (non-hydrogen) atoms. The first kappa shape index (κ1) is 19.4. The topological polar surface area (TPSA) is 54.8 Å². The first-order valence-corrected chi connectivity index (χ1v) is 9.55. The fraction of sp³-hybridized carbons (Fsp3) is 0.381. The Kier molecular flexibility index (Phi) is 6.45. The molecule has 1 aliphatic rings. The van der Waals surface area contributed by atoms with Gasteiger partial charge in [0.1, 0.15) is 0 Å². The molecule has 1 atom stereocenters. The molecule has 1 aromatic heterocycles. The summed E-state index contributed by atoms with van der Waals surface area (Å²) in [5, 5.41) is 4.86. The number of halogens is 1. The second-order valence-electron chi connectivity index (χ2n) is 7.17. The van der Waals surface area contributed by atoms with E-state index in [0.717, 1.165) is 16.8 Å². The normalized spacial score (nSPS) is 16.1. The van der Waals surface area contributed by atoms with Gasteiger partial charge in [-0.25, -0.2) is 0 Å². The lowest BCUT2D eigenvalue weighted by Crippen LogP contribution is -2.37. The summed E-state index contributed by atoms with van der Waals surface area (Å²) >= 11 is 6.30. The number of pyridine rings is 1. The Labute approximate surface area is 165 Å². The SMILES string of the molecule is CC(C)CC(=O)N(Cc1ccccc1Cl)C[C@@H]1CC(c2cccnc2)=NO1. The number of hydrogen-bond acceptors (Lipinski definition) is 4. The summed E-state index contributed by atoms with van der Waals surface area (Å²) in [6.45, 7) is 5.03. The Hall–Kier alpha value is -2.40. The van der Waals surface area contributed by atoms with Gasteiger partial charge in [0.2, 0.25) is 5.91 Å². The Bertz CT molecular complexity index is 808. The summed E-state index contributed by atoms with van der Waals surface area (Å²) in [6, 6.07) is 11.5. The summed E-state index contributed by atoms with van der Waals surface area (Å²) in [5.41, 5.74) is 2.75. The van der Waals surface area contributed by atoms with Gasteiger partial charge in [-0.05, 0) is 29.7 Å². The highest BCUT2D eigenvalue weighted by Crippen LogP contribution is 2.22. The third-order valence-corrected chi connectivity index (χ3v) is 4.78. The van der Waals surface area contributed by atoms with Crippen molar-refractivity contribution in [2.45, 2.75) is 39.3 Å². The van der Waals surface area contributed by atoms with E-state index in [-0.39, 0.29) is 17.9 Å². The summed E-state index contributed by atoms with van der Waals surface area (Å²) in [4.78, 5) is 24.3. The number of carbonyl (C=O) groups excluding carboxylic acids is 1. The molecule has 2 aromatic rings. The van der Waals surface area contributed by atoms with Gasteiger partial charge in [-0.1, -0.05) is 48.8 Å². The zero-order chi connectivity index (χ0) is 19.2. The molecule has 1 amide bonds. The van der Waals surface area contributed by atoms with Crippen LogP contribution in [0.5, 0.6) is 0 Å². The second-order valence-corrected chi connectivity index (χ2v) is 7.58. The van der Waals surface area contributed by atoms with E-state index in [1.807, 2.05) is 55.1 Å². The van der Waals surface area contributed by atoms with Crippen molar-refractivity contribution in [3.05, 3.63) is 64.9 Å². The molecule has 0 radical (unpaired) electrons. The standard InChI is InChI=1S/C21H24ClN3O2/c1-15(2)10-21(26)25(13-17-6-3-4-8-19(17)22)14-18-11-20(24-27-18)16-7-5-9-23-12-16/h3-9,12,15,18H,10-11,13-14H2,1-2H3/t18-/m0/s1. The molecular formula is C21H24ClN3O2. The summed E-state index contributed by atoms with van der Waals surface area (Å²) < 4.78 is 0. The molecule has 0 aliphatic carbocycles. The van der Waals surface area contributed by atoms with E-state index in [1.54, 1.807) is 12.4 Å². The van der Waals surface area contributed by atoms with Crippen LogP contribution in [0.4, 0.5) is 0 Å². The monoisotopic (exact) mass is 385 g/mol. The Morgan fingerprint density at radius 3 is 2.81 bits per heavy atom. The molecular weight excluding hydrogens is 362 g/mol. The van der Waals surface area contributed by atoms with Crippen molar-refractivity contribution in [3.63, 3.8) is 0 Å². The van der Waals surface area contributed by atoms with Gasteiger partial charge in [0.15, 0.2) is 6.10 Å². The van der Waals surface area contributed by atoms with Crippen LogP contribution in [0, 0.1) is 5.92 Å². The van der Waals surface area contributed by atoms with Crippen molar-refractivity contribution in [2.75, 3.05) is 6.54 Å². The van der Waals surface area contributed by atoms with Gasteiger partial charge in [-0.15, -0.1) is 0 Å². The summed E-state index contributed by atoms with van der Waals surface area (Å²) in [6.07, 6.45) is 4.48. The number of benzene rings is 1. The average molecular weight is 386 g/mol. The first-order valence-electron chi connectivity index (χ1n) is 9.17. The maximum Gasteiger partial charge on any atom is 0.223 e. The van der Waals surface area contributed by atoms with Crippen molar-refractivity contribution in [1.82, 2.24) is 9.88 Å². The predicted molar refractivity (Wildman–Crippen MR) is 107 cm³/mol. The molecule has 142 valence electrons. The van der Waals surface area contributed by atoms with Gasteiger partial charge < -0.3 is 9.74 Å². The van der Waals surface area contributed by atoms with Crippen LogP contribution in [0.25, 0.3) is 0 Å². The van der Waals surface area contributed by atoms with Gasteiger partial charge >= 0.3 is 0 Å². The van der Waals surface area contributed by atoms with Crippen LogP contribution in [0.1, 0.15) is 37.8 Å². The fourth-order valence-corrected chi connectivity index (χ4v) is 3.24. The van der Waals surface area contributed by atoms with Crippen LogP contribution in [0.15, 0.2) is 53.9 Å². The number of aromatic nitrogens is 1. The Morgan fingerprint density at radius 1 is 1.30 bits per heavy atom. The molecule has 0 N–H and O–H groups in total. The number of carbonyl (C=O) groups is 1. The maximum atomic E-state index is 12.8. The van der Waals surface area contributed by atoms with Gasteiger partial charge in [0, 0.05) is 42.4 Å². The lowest BCUT2D eigenvalue weighted by molar-refractivity contribution is -0.134. The van der Waals surface area contributed by atoms with Crippen molar-refractivity contribution < 1.29 is 9.63 Å². The Balaban J connectivity index is 1.68. The zero-order valence-corrected chi connectivity index (χ0v) is 16.4. The minimum atomic E-state index is -0.168. The van der Waals surface area contributed by atoms with Crippen LogP contribution in [-0.2, 0) is 16.2 Å². The number of rotatable bonds is 7. The van der Waals surface area contributed by atoms with Crippen LogP contribution in [0.3, 0.4) is 0 Å². The van der Waals surface area contributed by atoms with Gasteiger partial charge in [0.05, 0.1) is 12.3 Å². The van der Waals surface area contributed by atoms with E-state index in [2.05, 4.69) is 10.1 Å². The van der Waals surface area contributed by atoms with Gasteiger partial charge in [-0.3, -0.25) is 9.78 Å². The van der Waals surface area contributed by atoms with Crippen molar-refractivity contribution in [2.24, 2.45) is 11.1 Å². The maximum absolute atomic E-state index is 12.8. The minimum absolute atomic E-state index is 0.100. The van der Waals surface area contributed by atoms with Crippen molar-refractivity contribution in [1.29, 1.82) is 0 Å². The second kappa shape index (κ2) is 9.00. The van der Waals surface area contributed by atoms with Crippen LogP contribution >= 0.6 is 11.6 Å². The highest BCUT2D eigenvalue weighted by molar-refractivity contribution is 6.31. The number of amides is 1. The number of oxime groups is 1. The molecule has 0 spiro atoms. The van der Waals surface area contributed by atoms with Crippen LogP contribution < -0.4 is 0 Å². The third-order valence-electron chi connectivity index (χ3n) is 4.41. The molecule has 0 saturated carbocycles. The van der Waals surface area contributed by atoms with Gasteiger partial charge in [0.25, 0.3) is 0 Å². The van der Waals surface area contributed by atoms with E-state index in [4.69, 9.17) is 16.4 Å². The van der Waals surface area contributed by atoms with Crippen LogP contribution in [-0.4, -0.2) is 34.2 Å². The zero-order valence-electron chi connectivity index (χ0n) is 15.6. The fourth-order valence-electron chi connectivity index (χ4n) is 3.04. The van der Waals surface area contributed by atoms with E-state index in [0.29, 0.717) is 31.0 Å². The molecule has 0 unspecified atom stereocenters. The predicted octanol–water partition coefficient (Wildman–Crippen LogP) is 4.30. The largest absolute Gasteiger partial charge is 0.390 e. The lowest BCUT2D eigenvalue weighted by Gasteiger charge is -2.26. The lowest BCUT2D eigenvalue weighted by atomic mass is 10.1. The van der Waals surface area contributed by atoms with Crippen molar-refractivity contribution in [3.8, 4) is 0 Å². The quantitative estimate of drug-likeness (QED) is 0.713. The molecule has 5 nitrogen and oxygen atoms in total. The molecule has 6 heteroatoms. The van der Waals surface area contributed by atoms with E-state index < -0.39 is 0 Å². The Morgan fingerprint density at radius 2 is 2.11 bits per heavy atom. The summed E-state index contributed by atoms with van der Waals surface area (Å²) in [7, 11) is 0. The molecule has 0 fully saturated rings. The molecule has 1 aromatic carbocycles. The minimum Gasteiger partial charge on any atom is -0.390 e. The van der Waals surface area contributed by atoms with Gasteiger partial charge in [-0.2, -0.15) is 0 Å².